The Kier molecular flexibility index (Phi) is 7.33. The first-order valence-electron chi connectivity index (χ1n) is 11.9. The second-order valence-corrected chi connectivity index (χ2v) is 10.3. The summed E-state index contributed by atoms with van der Waals surface area (Å²) in [6.07, 6.45) is -8.41. The van der Waals surface area contributed by atoms with Gasteiger partial charge in [-0.15, -0.1) is 0 Å². The van der Waals surface area contributed by atoms with Crippen LogP contribution in [-0.2, 0) is 28.4 Å². The summed E-state index contributed by atoms with van der Waals surface area (Å²) in [6.45, 7) is 2.10. The summed E-state index contributed by atoms with van der Waals surface area (Å²) in [5.74, 6) is -4.09. The molecule has 1 saturated carbocycles. The predicted molar refractivity (Wildman–Crippen MR) is 113 cm³/mol. The van der Waals surface area contributed by atoms with E-state index in [1.807, 2.05) is 4.90 Å². The van der Waals surface area contributed by atoms with Crippen molar-refractivity contribution in [1.29, 1.82) is 0 Å². The molecule has 1 aromatic carbocycles. The lowest BCUT2D eigenvalue weighted by atomic mass is 9.80. The number of hydrogen-bond acceptors (Lipinski definition) is 3. The third-order valence-electron chi connectivity index (χ3n) is 7.47. The smallest absolute Gasteiger partial charge is 0.381 e. The summed E-state index contributed by atoms with van der Waals surface area (Å²) in [7, 11) is 0. The van der Waals surface area contributed by atoms with Gasteiger partial charge in [0, 0.05) is 45.2 Å². The van der Waals surface area contributed by atoms with Gasteiger partial charge in [-0.3, -0.25) is 4.79 Å². The molecule has 36 heavy (non-hydrogen) atoms. The van der Waals surface area contributed by atoms with Crippen molar-refractivity contribution in [1.82, 2.24) is 10.2 Å². The normalized spacial score (nSPS) is 27.3. The molecule has 2 heterocycles. The molecule has 2 aliphatic heterocycles. The third-order valence-corrected chi connectivity index (χ3v) is 7.47. The van der Waals surface area contributed by atoms with Crippen LogP contribution >= 0.6 is 0 Å². The number of alkyl halides is 8. The Morgan fingerprint density at radius 3 is 2.14 bits per heavy atom. The summed E-state index contributed by atoms with van der Waals surface area (Å²) < 4.78 is 112. The summed E-state index contributed by atoms with van der Waals surface area (Å²) in [4.78, 5) is 15.3. The molecule has 3 fully saturated rings. The van der Waals surface area contributed by atoms with E-state index in [0.717, 1.165) is 12.8 Å². The number of likely N-dealkylation sites (tertiary alicyclic amines) is 1. The van der Waals surface area contributed by atoms with Crippen LogP contribution < -0.4 is 5.32 Å². The monoisotopic (exact) mass is 528 g/mol. The highest BCUT2D eigenvalue weighted by Crippen LogP contribution is 2.55. The van der Waals surface area contributed by atoms with Crippen molar-refractivity contribution in [2.75, 3.05) is 32.8 Å². The van der Waals surface area contributed by atoms with Gasteiger partial charge in [0.25, 0.3) is 5.92 Å². The number of amides is 1. The first kappa shape index (κ1) is 27.1. The van der Waals surface area contributed by atoms with E-state index in [-0.39, 0.29) is 31.0 Å². The van der Waals surface area contributed by atoms with Crippen molar-refractivity contribution >= 4 is 5.91 Å². The zero-order valence-electron chi connectivity index (χ0n) is 19.5. The largest absolute Gasteiger partial charge is 0.416 e. The van der Waals surface area contributed by atoms with Gasteiger partial charge in [-0.05, 0) is 61.9 Å². The highest BCUT2D eigenvalue weighted by Gasteiger charge is 2.61. The zero-order valence-corrected chi connectivity index (χ0v) is 19.5. The lowest BCUT2D eigenvalue weighted by Crippen LogP contribution is -2.44. The molecule has 4 rings (SSSR count). The summed E-state index contributed by atoms with van der Waals surface area (Å²) >= 11 is 0. The van der Waals surface area contributed by atoms with Crippen molar-refractivity contribution in [2.45, 2.75) is 56.9 Å². The Hall–Kier alpha value is -1.95. The van der Waals surface area contributed by atoms with Crippen LogP contribution in [0.25, 0.3) is 0 Å². The van der Waals surface area contributed by atoms with E-state index in [1.54, 1.807) is 0 Å². The Balaban J connectivity index is 1.48. The fraction of sp³-hybridized carbons (Fsp3) is 0.708. The number of nitrogens with zero attached hydrogens (tertiary/aromatic N) is 1. The highest BCUT2D eigenvalue weighted by atomic mass is 19.4. The molecule has 202 valence electrons. The number of ether oxygens (including phenoxy) is 1. The van der Waals surface area contributed by atoms with Crippen LogP contribution in [0.5, 0.6) is 0 Å². The van der Waals surface area contributed by atoms with E-state index in [2.05, 4.69) is 5.32 Å². The Morgan fingerprint density at radius 1 is 1.03 bits per heavy atom. The van der Waals surface area contributed by atoms with Gasteiger partial charge in [-0.1, -0.05) is 0 Å². The second-order valence-electron chi connectivity index (χ2n) is 10.3. The average molecular weight is 528 g/mol. The average Bonchev–Trinajstić information content (AvgIpc) is 3.18. The van der Waals surface area contributed by atoms with Gasteiger partial charge in [0.05, 0.1) is 16.5 Å². The van der Waals surface area contributed by atoms with Crippen LogP contribution in [0.4, 0.5) is 35.1 Å². The molecule has 3 aliphatic rings. The van der Waals surface area contributed by atoms with Crippen molar-refractivity contribution in [3.63, 3.8) is 0 Å². The van der Waals surface area contributed by atoms with Crippen LogP contribution in [0, 0.1) is 17.3 Å². The Labute approximate surface area is 203 Å². The number of hydrogen-bond donors (Lipinski definition) is 1. The standard InChI is InChI=1S/C24H28F8N2O2/c25-22(26)11-19(22)10-21(3-4-34(14-21)13-15-1-5-36-6-2-15)20(35)33-12-16-7-17(23(27,28)29)9-18(8-16)24(30,31)32/h7-9,15,19H,1-6,10-14H2,(H,33,35). The third kappa shape index (κ3) is 6.30. The van der Waals surface area contributed by atoms with E-state index in [4.69, 9.17) is 4.74 Å². The van der Waals surface area contributed by atoms with Crippen LogP contribution in [0.3, 0.4) is 0 Å². The number of carbonyl (C=O) groups is 1. The van der Waals surface area contributed by atoms with Crippen LogP contribution in [0.1, 0.15) is 48.8 Å². The maximum atomic E-state index is 13.7. The molecule has 4 nitrogen and oxygen atoms in total. The first-order valence-corrected chi connectivity index (χ1v) is 11.9. The molecule has 1 aromatic rings. The molecule has 0 aromatic heterocycles. The quantitative estimate of drug-likeness (QED) is 0.475. The van der Waals surface area contributed by atoms with Crippen LogP contribution in [-0.4, -0.2) is 49.6 Å². The van der Waals surface area contributed by atoms with Crippen molar-refractivity contribution in [2.24, 2.45) is 17.3 Å². The molecule has 12 heteroatoms. The van der Waals surface area contributed by atoms with E-state index in [9.17, 15) is 39.9 Å². The van der Waals surface area contributed by atoms with Crippen LogP contribution in [0.2, 0.25) is 0 Å². The number of carbonyl (C=O) groups excluding carboxylic acids is 1. The van der Waals surface area contributed by atoms with Gasteiger partial charge >= 0.3 is 12.4 Å². The van der Waals surface area contributed by atoms with Gasteiger partial charge in [-0.2, -0.15) is 26.3 Å². The molecular weight excluding hydrogens is 500 g/mol. The first-order chi connectivity index (χ1) is 16.7. The maximum Gasteiger partial charge on any atom is 0.416 e. The highest BCUT2D eigenvalue weighted by molar-refractivity contribution is 5.83. The van der Waals surface area contributed by atoms with Crippen molar-refractivity contribution in [3.05, 3.63) is 34.9 Å². The SMILES string of the molecule is O=C(NCc1cc(C(F)(F)F)cc(C(F)(F)F)c1)C1(CC2CC2(F)F)CCN(CC2CCOCC2)C1. The lowest BCUT2D eigenvalue weighted by molar-refractivity contribution is -0.143. The Morgan fingerprint density at radius 2 is 1.61 bits per heavy atom. The predicted octanol–water partition coefficient (Wildman–Crippen LogP) is 5.50. The summed E-state index contributed by atoms with van der Waals surface area (Å²) in [5, 5.41) is 2.46. The molecule has 2 atom stereocenters. The van der Waals surface area contributed by atoms with E-state index >= 15 is 0 Å². The number of benzene rings is 1. The summed E-state index contributed by atoms with van der Waals surface area (Å²) in [6, 6.07) is 1.14. The molecule has 1 amide bonds. The van der Waals surface area contributed by atoms with Gasteiger partial charge < -0.3 is 15.0 Å². The number of nitrogens with one attached hydrogen (secondary N) is 1. The number of rotatable bonds is 7. The fourth-order valence-electron chi connectivity index (χ4n) is 5.31. The fourth-order valence-corrected chi connectivity index (χ4v) is 5.31. The van der Waals surface area contributed by atoms with Gasteiger partial charge in [0.15, 0.2) is 0 Å². The molecule has 0 spiro atoms. The summed E-state index contributed by atoms with van der Waals surface area (Å²) in [5.41, 5.74) is -4.49. The molecule has 2 unspecified atom stereocenters. The number of halogens is 8. The minimum Gasteiger partial charge on any atom is -0.381 e. The molecule has 2 saturated heterocycles. The zero-order chi connectivity index (χ0) is 26.4. The minimum atomic E-state index is -5.01. The van der Waals surface area contributed by atoms with Crippen molar-refractivity contribution < 1.29 is 44.7 Å². The molecular formula is C24H28F8N2O2. The minimum absolute atomic E-state index is 0.0210. The molecule has 1 N–H and O–H groups in total. The second kappa shape index (κ2) is 9.74. The molecule has 0 bridgehead atoms. The lowest BCUT2D eigenvalue weighted by Gasteiger charge is -2.31. The van der Waals surface area contributed by atoms with Gasteiger partial charge in [0.2, 0.25) is 5.91 Å². The van der Waals surface area contributed by atoms with Gasteiger partial charge in [-0.25, -0.2) is 8.78 Å². The Bertz CT molecular complexity index is 926. The van der Waals surface area contributed by atoms with E-state index in [1.165, 1.54) is 0 Å². The van der Waals surface area contributed by atoms with E-state index < -0.39 is 53.2 Å². The molecule has 0 radical (unpaired) electrons. The van der Waals surface area contributed by atoms with Crippen molar-refractivity contribution in [3.8, 4) is 0 Å². The maximum absolute atomic E-state index is 13.7. The topological polar surface area (TPSA) is 41.6 Å². The van der Waals surface area contributed by atoms with E-state index in [0.29, 0.717) is 50.8 Å². The van der Waals surface area contributed by atoms with Crippen LogP contribution in [0.15, 0.2) is 18.2 Å². The molecule has 1 aliphatic carbocycles. The van der Waals surface area contributed by atoms with Gasteiger partial charge in [0.1, 0.15) is 0 Å².